The van der Waals surface area contributed by atoms with Crippen LogP contribution >= 0.6 is 0 Å². The summed E-state index contributed by atoms with van der Waals surface area (Å²) >= 11 is 1.43. The van der Waals surface area contributed by atoms with Crippen LogP contribution in [0.15, 0.2) is 0 Å². The molecule has 0 aliphatic heterocycles. The molecule has 0 bridgehead atoms. The minimum atomic E-state index is 0. The quantitative estimate of drug-likeness (QED) is 0.419. The average molecular weight is 126 g/mol. The Hall–Kier alpha value is 0.737. The molecular formula is CCrNTi. The van der Waals surface area contributed by atoms with Crippen LogP contribution in [-0.2, 0) is 37.8 Å². The molecule has 0 aromatic rings. The molecule has 0 unspecified atom stereocenters. The van der Waals surface area contributed by atoms with Crippen LogP contribution in [0.1, 0.15) is 0 Å². The normalized spacial score (nSPS) is 1.50. The Morgan fingerprint density at radius 3 is 1.75 bits per heavy atom. The van der Waals surface area contributed by atoms with Gasteiger partial charge in [-0.25, -0.2) is 0 Å². The van der Waals surface area contributed by atoms with E-state index in [1.807, 2.05) is 0 Å². The third-order valence-corrected chi connectivity index (χ3v) is 0. The van der Waals surface area contributed by atoms with Crippen LogP contribution in [-0.4, -0.2) is 0 Å². The first kappa shape index (κ1) is 8.83. The van der Waals surface area contributed by atoms with Crippen LogP contribution in [0, 0.1) is 9.64 Å². The summed E-state index contributed by atoms with van der Waals surface area (Å²) in [4.78, 5) is 0. The Bertz CT molecular complexity index is 29.5. The fraction of sp³-hybridized carbons (Fsp3) is 0. The first-order valence-electron chi connectivity index (χ1n) is 0.474. The molecule has 0 N–H and O–H groups in total. The van der Waals surface area contributed by atoms with Crippen molar-refractivity contribution in [2.45, 2.75) is 0 Å². The smallest absolute Gasteiger partial charge is 0 e. The van der Waals surface area contributed by atoms with Gasteiger partial charge in [-0.05, 0) is 0 Å². The molecule has 0 saturated heterocycles. The van der Waals surface area contributed by atoms with E-state index in [9.17, 15) is 0 Å². The van der Waals surface area contributed by atoms with Crippen LogP contribution in [0.5, 0.6) is 0 Å². The molecule has 19 valence electrons. The summed E-state index contributed by atoms with van der Waals surface area (Å²) in [7, 11) is 0. The van der Waals surface area contributed by atoms with Gasteiger partial charge in [-0.2, -0.15) is 0 Å². The van der Waals surface area contributed by atoms with Crippen LogP contribution in [0.4, 0.5) is 0 Å². The minimum absolute atomic E-state index is 0. The molecule has 0 radical (unpaired) electrons. The van der Waals surface area contributed by atoms with Gasteiger partial charge in [0, 0.05) is 17.4 Å². The molecule has 4 heavy (non-hydrogen) atoms. The van der Waals surface area contributed by atoms with Crippen LogP contribution in [0.2, 0.25) is 0 Å². The van der Waals surface area contributed by atoms with Gasteiger partial charge in [-0.1, -0.05) is 0 Å². The molecule has 0 amide bonds. The molecule has 0 aliphatic carbocycles. The fourth-order valence-electron chi connectivity index (χ4n) is 0. The first-order valence-corrected chi connectivity index (χ1v) is 1.25. The van der Waals surface area contributed by atoms with Crippen molar-refractivity contribution in [3.63, 3.8) is 0 Å². The second-order valence-electron chi connectivity index (χ2n) is 0.112. The van der Waals surface area contributed by atoms with Crippen LogP contribution < -0.4 is 0 Å². The molecule has 3 heteroatoms. The Kier molecular flexibility index (Phi) is 20.5. The van der Waals surface area contributed by atoms with E-state index in [1.165, 1.54) is 20.4 Å². The van der Waals surface area contributed by atoms with Gasteiger partial charge in [0.05, 0.1) is 0 Å². The van der Waals surface area contributed by atoms with Gasteiger partial charge >= 0.3 is 30.1 Å². The standard InChI is InChI=1S/CN.Cr.Ti/c1-2;;. The average Bonchev–Trinajstić information content (AvgIpc) is 0.918. The van der Waals surface area contributed by atoms with Gasteiger partial charge < -0.3 is 0 Å². The molecule has 0 spiro atoms. The largest absolute Gasteiger partial charge is 0 e. The molecule has 1 nitrogen and oxygen atoms in total. The summed E-state index contributed by atoms with van der Waals surface area (Å²) in [5.41, 5.74) is 0. The summed E-state index contributed by atoms with van der Waals surface area (Å²) in [6, 6.07) is 0. The maximum Gasteiger partial charge on any atom is 0 e. The third kappa shape index (κ3) is 15.2. The summed E-state index contributed by atoms with van der Waals surface area (Å²) in [6.45, 7) is 0. The van der Waals surface area contributed by atoms with Crippen molar-refractivity contribution < 1.29 is 37.8 Å². The van der Waals surface area contributed by atoms with E-state index in [2.05, 4.69) is 0 Å². The zero-order valence-corrected chi connectivity index (χ0v) is 4.69. The van der Waals surface area contributed by atoms with Gasteiger partial charge in [0.25, 0.3) is 0 Å². The van der Waals surface area contributed by atoms with E-state index in [0.29, 0.717) is 0 Å². The van der Waals surface area contributed by atoms with E-state index >= 15 is 0 Å². The van der Waals surface area contributed by atoms with Gasteiger partial charge in [-0.15, -0.1) is 0 Å². The SMILES string of the molecule is N#[C][Ti].[Cr]. The number of rotatable bonds is 0. The van der Waals surface area contributed by atoms with Crippen molar-refractivity contribution in [3.8, 4) is 4.37 Å². The fourth-order valence-corrected chi connectivity index (χ4v) is 0. The zero-order valence-electron chi connectivity index (χ0n) is 1.86. The van der Waals surface area contributed by atoms with E-state index in [1.54, 1.807) is 4.37 Å². The molecular weight excluding hydrogens is 126 g/mol. The minimum Gasteiger partial charge on any atom is 0 e. The van der Waals surface area contributed by atoms with Crippen molar-refractivity contribution in [3.05, 3.63) is 0 Å². The van der Waals surface area contributed by atoms with Crippen molar-refractivity contribution in [1.82, 2.24) is 0 Å². The molecule has 0 aliphatic rings. The molecule has 0 atom stereocenters. The monoisotopic (exact) mass is 126 g/mol. The van der Waals surface area contributed by atoms with E-state index in [-0.39, 0.29) is 17.4 Å². The Labute approximate surface area is 47.5 Å². The van der Waals surface area contributed by atoms with Crippen molar-refractivity contribution in [2.24, 2.45) is 0 Å². The number of nitrogens with zero attached hydrogens (tertiary/aromatic N) is 1. The summed E-state index contributed by atoms with van der Waals surface area (Å²) in [5, 5.41) is 7.32. The molecule has 0 aromatic heterocycles. The summed E-state index contributed by atoms with van der Waals surface area (Å²) in [6.07, 6.45) is 0. The predicted octanol–water partition coefficient (Wildman–Crippen LogP) is 0.0118. The van der Waals surface area contributed by atoms with Crippen molar-refractivity contribution >= 4 is 0 Å². The van der Waals surface area contributed by atoms with E-state index < -0.39 is 0 Å². The Morgan fingerprint density at radius 1 is 1.75 bits per heavy atom. The maximum atomic E-state index is 7.32. The molecule has 0 saturated carbocycles. The van der Waals surface area contributed by atoms with Crippen LogP contribution in [0.25, 0.3) is 0 Å². The predicted molar refractivity (Wildman–Crippen MR) is 5.61 cm³/mol. The number of nitriles is 1. The van der Waals surface area contributed by atoms with Gasteiger partial charge in [-0.3, -0.25) is 0 Å². The van der Waals surface area contributed by atoms with E-state index in [0.717, 1.165) is 0 Å². The maximum absolute atomic E-state index is 7.32. The molecule has 0 aromatic carbocycles. The van der Waals surface area contributed by atoms with Crippen molar-refractivity contribution in [1.29, 1.82) is 5.26 Å². The van der Waals surface area contributed by atoms with Crippen LogP contribution in [0.3, 0.4) is 0 Å². The summed E-state index contributed by atoms with van der Waals surface area (Å²) in [5.74, 6) is 0. The number of hydrogen-bond donors (Lipinski definition) is 0. The Morgan fingerprint density at radius 2 is 1.75 bits per heavy atom. The summed E-state index contributed by atoms with van der Waals surface area (Å²) < 4.78 is 1.75. The van der Waals surface area contributed by atoms with Crippen molar-refractivity contribution in [2.75, 3.05) is 0 Å². The second kappa shape index (κ2) is 9.28. The molecule has 0 heterocycles. The van der Waals surface area contributed by atoms with Gasteiger partial charge in [0.2, 0.25) is 0 Å². The zero-order chi connectivity index (χ0) is 2.71. The van der Waals surface area contributed by atoms with Gasteiger partial charge in [0.15, 0.2) is 0 Å². The topological polar surface area (TPSA) is 23.8 Å². The second-order valence-corrected chi connectivity index (χ2v) is 0.461. The molecule has 0 fully saturated rings. The molecule has 0 rings (SSSR count). The Balaban J connectivity index is 0. The van der Waals surface area contributed by atoms with Gasteiger partial charge in [0.1, 0.15) is 0 Å². The number of hydrogen-bond acceptors (Lipinski definition) is 1. The third-order valence-electron chi connectivity index (χ3n) is 0. The first-order chi connectivity index (χ1) is 1.41. The van der Waals surface area contributed by atoms with E-state index in [4.69, 9.17) is 5.26 Å².